The van der Waals surface area contributed by atoms with Crippen LogP contribution in [-0.2, 0) is 4.74 Å². The van der Waals surface area contributed by atoms with Gasteiger partial charge in [0.25, 0.3) is 0 Å². The topological polar surface area (TPSA) is 65.4 Å². The zero-order chi connectivity index (χ0) is 10.6. The van der Waals surface area contributed by atoms with Gasteiger partial charge >= 0.3 is 6.09 Å². The third kappa shape index (κ3) is 4.23. The first-order valence-electron chi connectivity index (χ1n) is 4.48. The van der Waals surface area contributed by atoms with Crippen molar-refractivity contribution in [2.45, 2.75) is 18.9 Å². The molecule has 1 aliphatic heterocycles. The van der Waals surface area contributed by atoms with E-state index < -0.39 is 6.09 Å². The Kier molecular flexibility index (Phi) is 4.59. The van der Waals surface area contributed by atoms with Gasteiger partial charge in [-0.3, -0.25) is 10.7 Å². The van der Waals surface area contributed by atoms with Crippen molar-refractivity contribution in [2.75, 3.05) is 20.1 Å². The van der Waals surface area contributed by atoms with Gasteiger partial charge in [0.05, 0.1) is 0 Å². The van der Waals surface area contributed by atoms with E-state index >= 15 is 0 Å². The second-order valence-electron chi connectivity index (χ2n) is 3.35. The van der Waals surface area contributed by atoms with Crippen LogP contribution in [0.3, 0.4) is 0 Å². The van der Waals surface area contributed by atoms with Crippen LogP contribution in [0.1, 0.15) is 12.8 Å². The molecule has 1 fully saturated rings. The van der Waals surface area contributed by atoms with Crippen molar-refractivity contribution in [3.8, 4) is 0 Å². The van der Waals surface area contributed by atoms with Gasteiger partial charge in [0.2, 0.25) is 0 Å². The highest BCUT2D eigenvalue weighted by Gasteiger charge is 2.20. The molecule has 0 aromatic rings. The average Bonchev–Trinajstić information content (AvgIpc) is 2.07. The molecule has 1 heterocycles. The second kappa shape index (κ2) is 5.50. The molecule has 5 nitrogen and oxygen atoms in total. The molecule has 0 saturated carbocycles. The Hall–Kier alpha value is -0.370. The third-order valence-electron chi connectivity index (χ3n) is 2.15. The van der Waals surface area contributed by atoms with Crippen molar-refractivity contribution >= 4 is 32.5 Å². The van der Waals surface area contributed by atoms with Crippen LogP contribution in [0.5, 0.6) is 0 Å². The van der Waals surface area contributed by atoms with Crippen molar-refractivity contribution in [3.63, 3.8) is 0 Å². The molecule has 0 aromatic carbocycles. The van der Waals surface area contributed by atoms with E-state index in [0.29, 0.717) is 0 Å². The first kappa shape index (κ1) is 11.7. The number of piperidine rings is 1. The molecule has 1 aliphatic rings. The summed E-state index contributed by atoms with van der Waals surface area (Å²) in [7, 11) is 2.05. The Morgan fingerprint density at radius 1 is 1.57 bits per heavy atom. The van der Waals surface area contributed by atoms with Crippen molar-refractivity contribution in [1.82, 2.24) is 10.2 Å². The van der Waals surface area contributed by atoms with E-state index in [-0.39, 0.29) is 9.95 Å². The Morgan fingerprint density at radius 2 is 2.14 bits per heavy atom. The fourth-order valence-corrected chi connectivity index (χ4v) is 1.59. The zero-order valence-corrected chi connectivity index (χ0v) is 10.2. The van der Waals surface area contributed by atoms with Gasteiger partial charge in [0, 0.05) is 13.1 Å². The Balaban J connectivity index is 2.24. The van der Waals surface area contributed by atoms with Gasteiger partial charge < -0.3 is 9.64 Å². The first-order valence-corrected chi connectivity index (χ1v) is 5.56. The molecule has 0 aromatic heterocycles. The highest BCUT2D eigenvalue weighted by molar-refractivity contribution is 14.1. The molecule has 1 rings (SSSR count). The van der Waals surface area contributed by atoms with Gasteiger partial charge in [-0.2, -0.15) is 0 Å². The van der Waals surface area contributed by atoms with E-state index in [2.05, 4.69) is 17.3 Å². The summed E-state index contributed by atoms with van der Waals surface area (Å²) in [6.07, 6.45) is 1.23. The van der Waals surface area contributed by atoms with Crippen LogP contribution < -0.4 is 5.32 Å². The van der Waals surface area contributed by atoms with Crippen LogP contribution in [0.4, 0.5) is 4.79 Å². The number of nitrogens with one attached hydrogen (secondary N) is 2. The average molecular weight is 311 g/mol. The van der Waals surface area contributed by atoms with Crippen LogP contribution in [0.15, 0.2) is 0 Å². The van der Waals surface area contributed by atoms with Gasteiger partial charge in [0.15, 0.2) is 3.84 Å². The number of amides is 1. The van der Waals surface area contributed by atoms with Crippen molar-refractivity contribution in [2.24, 2.45) is 0 Å². The SMILES string of the molecule is CN1CCC(OC(=O)NC(=N)I)CC1. The van der Waals surface area contributed by atoms with Crippen molar-refractivity contribution in [3.05, 3.63) is 0 Å². The Morgan fingerprint density at radius 3 is 2.64 bits per heavy atom. The number of halogens is 1. The second-order valence-corrected chi connectivity index (χ2v) is 4.43. The van der Waals surface area contributed by atoms with Crippen LogP contribution >= 0.6 is 22.6 Å². The molecule has 1 amide bonds. The minimum absolute atomic E-state index is 0.00181. The minimum atomic E-state index is -0.515. The number of hydrogen-bond acceptors (Lipinski definition) is 4. The van der Waals surface area contributed by atoms with E-state index in [1.165, 1.54) is 0 Å². The van der Waals surface area contributed by atoms with E-state index in [0.717, 1.165) is 25.9 Å². The lowest BCUT2D eigenvalue weighted by atomic mass is 10.1. The summed E-state index contributed by atoms with van der Waals surface area (Å²) in [6.45, 7) is 1.92. The van der Waals surface area contributed by atoms with Crippen LogP contribution in [-0.4, -0.2) is 41.1 Å². The summed E-state index contributed by atoms with van der Waals surface area (Å²) in [5, 5.41) is 9.34. The lowest BCUT2D eigenvalue weighted by Gasteiger charge is -2.28. The first-order chi connectivity index (χ1) is 6.58. The summed E-state index contributed by atoms with van der Waals surface area (Å²) in [6, 6.07) is 0. The van der Waals surface area contributed by atoms with Crippen LogP contribution in [0.25, 0.3) is 0 Å². The smallest absolute Gasteiger partial charge is 0.413 e. The maximum absolute atomic E-state index is 11.1. The van der Waals surface area contributed by atoms with Crippen LogP contribution in [0.2, 0.25) is 0 Å². The number of rotatable bonds is 1. The molecule has 1 saturated heterocycles. The minimum Gasteiger partial charge on any atom is -0.446 e. The molecule has 0 aliphatic carbocycles. The molecular weight excluding hydrogens is 297 g/mol. The van der Waals surface area contributed by atoms with Crippen molar-refractivity contribution < 1.29 is 9.53 Å². The summed E-state index contributed by atoms with van der Waals surface area (Å²) in [5.74, 6) is 0. The molecule has 80 valence electrons. The number of likely N-dealkylation sites (tertiary alicyclic amines) is 1. The van der Waals surface area contributed by atoms with Gasteiger partial charge in [-0.15, -0.1) is 0 Å². The summed E-state index contributed by atoms with van der Waals surface area (Å²) >= 11 is 1.72. The standard InChI is InChI=1S/C8H14IN3O2/c1-12-4-2-6(3-5-12)14-8(13)11-7(9)10/h6H,2-5H2,1H3,(H2,10,11,13). The fourth-order valence-electron chi connectivity index (χ4n) is 1.37. The molecule has 0 unspecified atom stereocenters. The largest absolute Gasteiger partial charge is 0.446 e. The van der Waals surface area contributed by atoms with Crippen LogP contribution in [0, 0.1) is 5.41 Å². The van der Waals surface area contributed by atoms with E-state index in [1.807, 2.05) is 0 Å². The molecule has 14 heavy (non-hydrogen) atoms. The zero-order valence-electron chi connectivity index (χ0n) is 8.05. The third-order valence-corrected chi connectivity index (χ3v) is 2.42. The number of amidine groups is 1. The predicted molar refractivity (Wildman–Crippen MR) is 61.9 cm³/mol. The van der Waals surface area contributed by atoms with Crippen molar-refractivity contribution in [1.29, 1.82) is 5.41 Å². The monoisotopic (exact) mass is 311 g/mol. The number of carbonyl (C=O) groups is 1. The number of ether oxygens (including phenoxy) is 1. The van der Waals surface area contributed by atoms with Gasteiger partial charge in [0.1, 0.15) is 6.10 Å². The number of carbonyl (C=O) groups excluding carboxylic acids is 1. The van der Waals surface area contributed by atoms with E-state index in [1.54, 1.807) is 22.6 Å². The highest BCUT2D eigenvalue weighted by atomic mass is 127. The molecule has 6 heteroatoms. The number of alkyl carbamates (subject to hydrolysis) is 1. The molecule has 2 N–H and O–H groups in total. The lowest BCUT2D eigenvalue weighted by molar-refractivity contribution is 0.0603. The molecule has 0 bridgehead atoms. The highest BCUT2D eigenvalue weighted by Crippen LogP contribution is 2.11. The van der Waals surface area contributed by atoms with Gasteiger partial charge in [-0.05, 0) is 42.5 Å². The van der Waals surface area contributed by atoms with E-state index in [4.69, 9.17) is 10.1 Å². The van der Waals surface area contributed by atoms with Gasteiger partial charge in [-0.25, -0.2) is 4.79 Å². The fraction of sp³-hybridized carbons (Fsp3) is 0.750. The summed E-state index contributed by atoms with van der Waals surface area (Å²) < 4.78 is 5.21. The Bertz CT molecular complexity index is 227. The maximum atomic E-state index is 11.1. The molecule has 0 atom stereocenters. The predicted octanol–water partition coefficient (Wildman–Crippen LogP) is 1.18. The Labute approximate surface area is 96.8 Å². The lowest BCUT2D eigenvalue weighted by Crippen LogP contribution is -2.38. The molecular formula is C8H14IN3O2. The summed E-state index contributed by atoms with van der Waals surface area (Å²) in [4.78, 5) is 13.3. The molecule has 0 radical (unpaired) electrons. The number of hydrogen-bond donors (Lipinski definition) is 2. The van der Waals surface area contributed by atoms with E-state index in [9.17, 15) is 4.79 Å². The van der Waals surface area contributed by atoms with Gasteiger partial charge in [-0.1, -0.05) is 0 Å². The molecule has 0 spiro atoms. The maximum Gasteiger partial charge on any atom is 0.413 e. The summed E-state index contributed by atoms with van der Waals surface area (Å²) in [5.41, 5.74) is 0. The number of nitrogens with zero attached hydrogens (tertiary/aromatic N) is 1. The normalized spacial score (nSPS) is 19.0. The quantitative estimate of drug-likeness (QED) is 0.331.